The van der Waals surface area contributed by atoms with Gasteiger partial charge < -0.3 is 20.1 Å². The van der Waals surface area contributed by atoms with E-state index < -0.39 is 0 Å². The second-order valence-corrected chi connectivity index (χ2v) is 5.29. The molecule has 2 N–H and O–H groups in total. The van der Waals surface area contributed by atoms with Crippen LogP contribution < -0.4 is 10.6 Å². The summed E-state index contributed by atoms with van der Waals surface area (Å²) in [6.45, 7) is 1.76. The van der Waals surface area contributed by atoms with Gasteiger partial charge in [0.2, 0.25) is 5.91 Å². The van der Waals surface area contributed by atoms with Crippen LogP contribution in [0.1, 0.15) is 0 Å². The number of hydrogen-bond acceptors (Lipinski definition) is 5. The molecule has 1 fully saturated rings. The van der Waals surface area contributed by atoms with Gasteiger partial charge in [0, 0.05) is 45.7 Å². The Labute approximate surface area is 125 Å². The molecule has 1 amide bonds. The Kier molecular flexibility index (Phi) is 5.17. The summed E-state index contributed by atoms with van der Waals surface area (Å²) in [6, 6.07) is 7.26. The number of anilines is 2. The number of ether oxygens (including phenoxy) is 2. The average Bonchev–Trinajstić information content (AvgIpc) is 2.89. The van der Waals surface area contributed by atoms with Gasteiger partial charge in [0.1, 0.15) is 0 Å². The first-order valence-corrected chi connectivity index (χ1v) is 6.95. The van der Waals surface area contributed by atoms with Crippen molar-refractivity contribution < 1.29 is 14.3 Å². The largest absolute Gasteiger partial charge is 0.399 e. The predicted octanol–water partition coefficient (Wildman–Crippen LogP) is 0.577. The van der Waals surface area contributed by atoms with E-state index >= 15 is 0 Å². The molecule has 1 saturated heterocycles. The van der Waals surface area contributed by atoms with E-state index in [0.717, 1.165) is 5.69 Å². The van der Waals surface area contributed by atoms with Crippen molar-refractivity contribution in [2.24, 2.45) is 0 Å². The molecule has 2 atom stereocenters. The van der Waals surface area contributed by atoms with Gasteiger partial charge in [-0.3, -0.25) is 9.69 Å². The van der Waals surface area contributed by atoms with E-state index in [-0.39, 0.29) is 18.1 Å². The summed E-state index contributed by atoms with van der Waals surface area (Å²) in [5.74, 6) is 0.0337. The quantitative estimate of drug-likeness (QED) is 0.804. The predicted molar refractivity (Wildman–Crippen MR) is 82.3 cm³/mol. The molecule has 116 valence electrons. The van der Waals surface area contributed by atoms with Gasteiger partial charge in [-0.05, 0) is 24.3 Å². The molecular weight excluding hydrogens is 270 g/mol. The first kappa shape index (κ1) is 15.8. The van der Waals surface area contributed by atoms with Crippen LogP contribution in [-0.2, 0) is 14.3 Å². The van der Waals surface area contributed by atoms with Crippen LogP contribution in [0.15, 0.2) is 24.3 Å². The van der Waals surface area contributed by atoms with Crippen molar-refractivity contribution in [2.45, 2.75) is 12.2 Å². The van der Waals surface area contributed by atoms with Crippen LogP contribution in [0.25, 0.3) is 0 Å². The zero-order chi connectivity index (χ0) is 15.4. The first-order valence-electron chi connectivity index (χ1n) is 6.95. The Hall–Kier alpha value is -1.63. The number of nitrogens with zero attached hydrogens (tertiary/aromatic N) is 2. The number of carbonyl (C=O) groups excluding carboxylic acids is 1. The maximum absolute atomic E-state index is 12.3. The maximum atomic E-state index is 12.3. The molecule has 0 radical (unpaired) electrons. The Balaban J connectivity index is 1.94. The maximum Gasteiger partial charge on any atom is 0.240 e. The van der Waals surface area contributed by atoms with Crippen LogP contribution in [-0.4, -0.2) is 63.9 Å². The highest BCUT2D eigenvalue weighted by molar-refractivity contribution is 5.94. The summed E-state index contributed by atoms with van der Waals surface area (Å²) in [7, 11) is 5.11. The van der Waals surface area contributed by atoms with Crippen LogP contribution in [0.5, 0.6) is 0 Å². The smallest absolute Gasteiger partial charge is 0.240 e. The molecule has 0 bridgehead atoms. The zero-order valence-electron chi connectivity index (χ0n) is 12.8. The van der Waals surface area contributed by atoms with Gasteiger partial charge in [-0.15, -0.1) is 0 Å². The molecule has 1 aromatic carbocycles. The number of likely N-dealkylation sites (tertiary alicyclic amines) is 1. The van der Waals surface area contributed by atoms with Crippen molar-refractivity contribution in [3.63, 3.8) is 0 Å². The lowest BCUT2D eigenvalue weighted by Crippen LogP contribution is -2.38. The third-order valence-electron chi connectivity index (χ3n) is 3.91. The van der Waals surface area contributed by atoms with Crippen molar-refractivity contribution in [1.82, 2.24) is 4.90 Å². The molecular formula is C15H23N3O3. The normalized spacial score (nSPS) is 22.4. The van der Waals surface area contributed by atoms with Gasteiger partial charge in [-0.2, -0.15) is 0 Å². The van der Waals surface area contributed by atoms with E-state index in [1.807, 2.05) is 12.1 Å². The molecule has 1 heterocycles. The molecule has 2 rings (SSSR count). The molecule has 0 aromatic heterocycles. The number of amides is 1. The number of rotatable bonds is 5. The van der Waals surface area contributed by atoms with Crippen LogP contribution in [0, 0.1) is 0 Å². The van der Waals surface area contributed by atoms with Crippen LogP contribution in [0.2, 0.25) is 0 Å². The Morgan fingerprint density at radius 2 is 1.76 bits per heavy atom. The van der Waals surface area contributed by atoms with E-state index in [0.29, 0.717) is 25.3 Å². The van der Waals surface area contributed by atoms with Crippen LogP contribution in [0.3, 0.4) is 0 Å². The van der Waals surface area contributed by atoms with E-state index in [4.69, 9.17) is 15.2 Å². The highest BCUT2D eigenvalue weighted by Crippen LogP contribution is 2.18. The second kappa shape index (κ2) is 6.89. The molecule has 6 nitrogen and oxygen atoms in total. The van der Waals surface area contributed by atoms with Crippen molar-refractivity contribution in [3.05, 3.63) is 24.3 Å². The lowest BCUT2D eigenvalue weighted by atomic mass is 10.2. The average molecular weight is 293 g/mol. The summed E-state index contributed by atoms with van der Waals surface area (Å²) < 4.78 is 10.8. The molecule has 0 aliphatic carbocycles. The van der Waals surface area contributed by atoms with E-state index in [1.54, 1.807) is 38.3 Å². The summed E-state index contributed by atoms with van der Waals surface area (Å²) in [5.41, 5.74) is 7.18. The summed E-state index contributed by atoms with van der Waals surface area (Å²) >= 11 is 0. The Morgan fingerprint density at radius 1 is 1.24 bits per heavy atom. The first-order chi connectivity index (χ1) is 10.0. The fraction of sp³-hybridized carbons (Fsp3) is 0.533. The van der Waals surface area contributed by atoms with E-state index in [2.05, 4.69) is 4.90 Å². The zero-order valence-corrected chi connectivity index (χ0v) is 12.8. The van der Waals surface area contributed by atoms with Gasteiger partial charge in [-0.25, -0.2) is 0 Å². The topological polar surface area (TPSA) is 68.0 Å². The number of carbonyl (C=O) groups is 1. The number of methoxy groups -OCH3 is 2. The van der Waals surface area contributed by atoms with Gasteiger partial charge >= 0.3 is 0 Å². The lowest BCUT2D eigenvalue weighted by Gasteiger charge is -2.21. The fourth-order valence-corrected chi connectivity index (χ4v) is 2.54. The number of benzene rings is 1. The fourth-order valence-electron chi connectivity index (χ4n) is 2.54. The monoisotopic (exact) mass is 293 g/mol. The minimum atomic E-state index is 0.0182. The molecule has 1 aliphatic heterocycles. The summed E-state index contributed by atoms with van der Waals surface area (Å²) in [6.07, 6.45) is 0.0364. The standard InChI is InChI=1S/C15H23N3O3/c1-17(12-6-4-11(16)5-7-12)15(19)10-18-8-13(20-2)14(9-18)21-3/h4-7,13-14H,8-10,16H2,1-3H3. The Bertz CT molecular complexity index is 466. The van der Waals surface area contributed by atoms with Crippen molar-refractivity contribution in [2.75, 3.05) is 51.5 Å². The van der Waals surface area contributed by atoms with Crippen molar-refractivity contribution in [1.29, 1.82) is 0 Å². The molecule has 0 spiro atoms. The van der Waals surface area contributed by atoms with Crippen LogP contribution in [0.4, 0.5) is 11.4 Å². The van der Waals surface area contributed by atoms with Crippen LogP contribution >= 0.6 is 0 Å². The number of hydrogen-bond donors (Lipinski definition) is 1. The van der Waals surface area contributed by atoms with E-state index in [9.17, 15) is 4.79 Å². The minimum Gasteiger partial charge on any atom is -0.399 e. The molecule has 21 heavy (non-hydrogen) atoms. The summed E-state index contributed by atoms with van der Waals surface area (Å²) in [5, 5.41) is 0. The molecule has 1 aliphatic rings. The SMILES string of the molecule is COC1CN(CC(=O)N(C)c2ccc(N)cc2)CC1OC. The molecule has 6 heteroatoms. The third kappa shape index (κ3) is 3.72. The number of nitrogens with two attached hydrogens (primary N) is 1. The number of likely N-dealkylation sites (N-methyl/N-ethyl adjacent to an activating group) is 1. The lowest BCUT2D eigenvalue weighted by molar-refractivity contribution is -0.119. The Morgan fingerprint density at radius 3 is 2.24 bits per heavy atom. The third-order valence-corrected chi connectivity index (χ3v) is 3.91. The van der Waals surface area contributed by atoms with Gasteiger partial charge in [-0.1, -0.05) is 0 Å². The van der Waals surface area contributed by atoms with E-state index in [1.165, 1.54) is 0 Å². The van der Waals surface area contributed by atoms with Gasteiger partial charge in [0.15, 0.2) is 0 Å². The van der Waals surface area contributed by atoms with Gasteiger partial charge in [0.05, 0.1) is 18.8 Å². The molecule has 1 aromatic rings. The number of nitrogen functional groups attached to an aromatic ring is 1. The van der Waals surface area contributed by atoms with Crippen molar-refractivity contribution >= 4 is 17.3 Å². The van der Waals surface area contributed by atoms with Gasteiger partial charge in [0.25, 0.3) is 0 Å². The summed E-state index contributed by atoms with van der Waals surface area (Å²) in [4.78, 5) is 16.0. The molecule has 0 saturated carbocycles. The van der Waals surface area contributed by atoms with Crippen molar-refractivity contribution in [3.8, 4) is 0 Å². The second-order valence-electron chi connectivity index (χ2n) is 5.29. The highest BCUT2D eigenvalue weighted by Gasteiger charge is 2.34. The highest BCUT2D eigenvalue weighted by atomic mass is 16.5. The minimum absolute atomic E-state index is 0.0182. The molecule has 2 unspecified atom stereocenters.